The summed E-state index contributed by atoms with van der Waals surface area (Å²) in [7, 11) is 0. The molecule has 0 rings (SSSR count). The Morgan fingerprint density at radius 3 is 2.57 bits per heavy atom. The van der Waals surface area contributed by atoms with Crippen LogP contribution in [0.1, 0.15) is 20.8 Å². The molecule has 1 unspecified atom stereocenters. The van der Waals surface area contributed by atoms with Crippen LogP contribution < -0.4 is 11.1 Å². The maximum absolute atomic E-state index is 11.2. The highest BCUT2D eigenvalue weighted by molar-refractivity contribution is 7.98. The lowest BCUT2D eigenvalue weighted by atomic mass is 10.2. The van der Waals surface area contributed by atoms with E-state index in [4.69, 9.17) is 10.5 Å². The van der Waals surface area contributed by atoms with Crippen LogP contribution in [-0.2, 0) is 4.74 Å². The molecule has 1 atom stereocenters. The predicted octanol–water partition coefficient (Wildman–Crippen LogP) is 1.20. The fourth-order valence-corrected chi connectivity index (χ4v) is 1.35. The van der Waals surface area contributed by atoms with Gasteiger partial charge in [0.05, 0.1) is 0 Å². The first kappa shape index (κ1) is 13.6. The molecule has 0 aliphatic carbocycles. The van der Waals surface area contributed by atoms with Gasteiger partial charge in [-0.15, -0.1) is 0 Å². The number of nitrogens with two attached hydrogens (primary N) is 1. The molecule has 0 spiro atoms. The molecule has 0 aromatic carbocycles. The predicted molar refractivity (Wildman–Crippen MR) is 60.6 cm³/mol. The van der Waals surface area contributed by atoms with Crippen molar-refractivity contribution in [2.45, 2.75) is 32.4 Å². The van der Waals surface area contributed by atoms with Crippen molar-refractivity contribution in [1.82, 2.24) is 5.32 Å². The second-order valence-corrected chi connectivity index (χ2v) is 5.01. The molecule has 0 fully saturated rings. The maximum atomic E-state index is 11.2. The average Bonchev–Trinajstić information content (AvgIpc) is 1.98. The highest BCUT2D eigenvalue weighted by atomic mass is 32.2. The summed E-state index contributed by atoms with van der Waals surface area (Å²) in [6, 6.07) is -0.0162. The van der Waals surface area contributed by atoms with E-state index >= 15 is 0 Å². The molecule has 1 amide bonds. The third-order valence-corrected chi connectivity index (χ3v) is 2.05. The molecule has 0 saturated carbocycles. The van der Waals surface area contributed by atoms with Crippen molar-refractivity contribution in [3.8, 4) is 0 Å². The summed E-state index contributed by atoms with van der Waals surface area (Å²) in [5.41, 5.74) is 5.25. The van der Waals surface area contributed by atoms with Crippen LogP contribution in [0.5, 0.6) is 0 Å². The first-order chi connectivity index (χ1) is 6.35. The van der Waals surface area contributed by atoms with E-state index in [9.17, 15) is 4.79 Å². The Labute approximate surface area is 89.9 Å². The molecule has 84 valence electrons. The van der Waals surface area contributed by atoms with Crippen molar-refractivity contribution >= 4 is 17.9 Å². The van der Waals surface area contributed by atoms with Crippen molar-refractivity contribution in [1.29, 1.82) is 0 Å². The normalized spacial score (nSPS) is 13.5. The Bertz CT molecular complexity index is 180. The number of hydrogen-bond donors (Lipinski definition) is 2. The molecule has 0 saturated heterocycles. The lowest BCUT2D eigenvalue weighted by molar-refractivity contribution is 0.0525. The van der Waals surface area contributed by atoms with Gasteiger partial charge in [-0.05, 0) is 27.0 Å². The minimum Gasteiger partial charge on any atom is -0.444 e. The monoisotopic (exact) mass is 220 g/mol. The van der Waals surface area contributed by atoms with E-state index in [1.165, 1.54) is 0 Å². The number of hydrogen-bond acceptors (Lipinski definition) is 4. The van der Waals surface area contributed by atoms with Gasteiger partial charge in [-0.25, -0.2) is 4.79 Å². The summed E-state index contributed by atoms with van der Waals surface area (Å²) in [4.78, 5) is 11.2. The lowest BCUT2D eigenvalue weighted by Gasteiger charge is -2.20. The quantitative estimate of drug-likeness (QED) is 0.747. The number of carbonyl (C=O) groups excluding carboxylic acids is 1. The van der Waals surface area contributed by atoms with Crippen LogP contribution in [0, 0.1) is 0 Å². The van der Waals surface area contributed by atoms with Gasteiger partial charge >= 0.3 is 6.09 Å². The third kappa shape index (κ3) is 8.19. The van der Waals surface area contributed by atoms with E-state index in [-0.39, 0.29) is 6.04 Å². The standard InChI is InChI=1S/C9H20N2O2S/c1-9(2,3)13-8(12)11-5-7(10)6-14-4/h7H,5-6,10H2,1-4H3,(H,11,12). The number of rotatable bonds is 4. The van der Waals surface area contributed by atoms with Crippen LogP contribution in [0.25, 0.3) is 0 Å². The summed E-state index contributed by atoms with van der Waals surface area (Å²) < 4.78 is 5.05. The molecule has 0 bridgehead atoms. The zero-order valence-corrected chi connectivity index (χ0v) is 10.1. The molecule has 3 N–H and O–H groups in total. The van der Waals surface area contributed by atoms with Crippen LogP contribution in [0.15, 0.2) is 0 Å². The van der Waals surface area contributed by atoms with Gasteiger partial charge in [-0.2, -0.15) is 11.8 Å². The van der Waals surface area contributed by atoms with Crippen LogP contribution in [-0.4, -0.2) is 36.3 Å². The van der Waals surface area contributed by atoms with E-state index in [0.717, 1.165) is 5.75 Å². The fourth-order valence-electron chi connectivity index (χ4n) is 0.802. The van der Waals surface area contributed by atoms with Gasteiger partial charge in [0.2, 0.25) is 0 Å². The van der Waals surface area contributed by atoms with Crippen molar-refractivity contribution in [2.75, 3.05) is 18.6 Å². The topological polar surface area (TPSA) is 64.3 Å². The van der Waals surface area contributed by atoms with Gasteiger partial charge in [0.15, 0.2) is 0 Å². The first-order valence-electron chi connectivity index (χ1n) is 4.56. The van der Waals surface area contributed by atoms with Crippen molar-refractivity contribution in [3.05, 3.63) is 0 Å². The Morgan fingerprint density at radius 1 is 1.57 bits per heavy atom. The number of amides is 1. The molecule has 0 heterocycles. The molecule has 0 aromatic rings. The van der Waals surface area contributed by atoms with Gasteiger partial charge in [0.25, 0.3) is 0 Å². The highest BCUT2D eigenvalue weighted by Crippen LogP contribution is 2.06. The van der Waals surface area contributed by atoms with Gasteiger partial charge in [0, 0.05) is 18.3 Å². The molecule has 0 radical (unpaired) electrons. The SMILES string of the molecule is CSCC(N)CNC(=O)OC(C)(C)C. The molecule has 0 aromatic heterocycles. The fraction of sp³-hybridized carbons (Fsp3) is 0.889. The van der Waals surface area contributed by atoms with E-state index in [1.54, 1.807) is 11.8 Å². The summed E-state index contributed by atoms with van der Waals surface area (Å²) >= 11 is 1.66. The average molecular weight is 220 g/mol. The van der Waals surface area contributed by atoms with Crippen molar-refractivity contribution < 1.29 is 9.53 Å². The van der Waals surface area contributed by atoms with Gasteiger partial charge in [-0.3, -0.25) is 0 Å². The first-order valence-corrected chi connectivity index (χ1v) is 5.96. The molecular weight excluding hydrogens is 200 g/mol. The largest absolute Gasteiger partial charge is 0.444 e. The minimum absolute atomic E-state index is 0.0162. The molecule has 5 heteroatoms. The van der Waals surface area contributed by atoms with Crippen molar-refractivity contribution in [3.63, 3.8) is 0 Å². The Hall–Kier alpha value is -0.420. The second-order valence-electron chi connectivity index (χ2n) is 4.10. The molecule has 0 aliphatic heterocycles. The van der Waals surface area contributed by atoms with Gasteiger partial charge < -0.3 is 15.8 Å². The summed E-state index contributed by atoms with van der Waals surface area (Å²) in [6.45, 7) is 5.94. The maximum Gasteiger partial charge on any atom is 0.407 e. The molecule has 4 nitrogen and oxygen atoms in total. The third-order valence-electron chi connectivity index (χ3n) is 1.29. The Morgan fingerprint density at radius 2 is 2.14 bits per heavy atom. The van der Waals surface area contributed by atoms with E-state index in [0.29, 0.717) is 6.54 Å². The summed E-state index contributed by atoms with van der Waals surface area (Å²) in [5.74, 6) is 0.829. The highest BCUT2D eigenvalue weighted by Gasteiger charge is 2.16. The summed E-state index contributed by atoms with van der Waals surface area (Å²) in [5, 5.41) is 2.62. The number of alkyl carbamates (subject to hydrolysis) is 1. The van der Waals surface area contributed by atoms with Crippen molar-refractivity contribution in [2.24, 2.45) is 5.73 Å². The number of ether oxygens (including phenoxy) is 1. The minimum atomic E-state index is -0.451. The molecule has 14 heavy (non-hydrogen) atoms. The Kier molecular flexibility index (Phi) is 5.95. The smallest absolute Gasteiger partial charge is 0.407 e. The lowest BCUT2D eigenvalue weighted by Crippen LogP contribution is -2.41. The summed E-state index contributed by atoms with van der Waals surface area (Å²) in [6.07, 6.45) is 1.57. The zero-order chi connectivity index (χ0) is 11.2. The number of thioether (sulfide) groups is 1. The Balaban J connectivity index is 3.64. The van der Waals surface area contributed by atoms with E-state index in [1.807, 2.05) is 27.0 Å². The van der Waals surface area contributed by atoms with Crippen LogP contribution in [0.2, 0.25) is 0 Å². The van der Waals surface area contributed by atoms with Crippen LogP contribution in [0.4, 0.5) is 4.79 Å². The molecular formula is C9H20N2O2S. The van der Waals surface area contributed by atoms with E-state index < -0.39 is 11.7 Å². The number of carbonyl (C=O) groups is 1. The second kappa shape index (κ2) is 6.14. The zero-order valence-electron chi connectivity index (χ0n) is 9.29. The van der Waals surface area contributed by atoms with Crippen LogP contribution in [0.3, 0.4) is 0 Å². The molecule has 0 aliphatic rings. The van der Waals surface area contributed by atoms with Gasteiger partial charge in [0.1, 0.15) is 5.60 Å². The van der Waals surface area contributed by atoms with Gasteiger partial charge in [-0.1, -0.05) is 0 Å². The number of nitrogens with one attached hydrogen (secondary N) is 1. The van der Waals surface area contributed by atoms with E-state index in [2.05, 4.69) is 5.32 Å². The van der Waals surface area contributed by atoms with Crippen LogP contribution >= 0.6 is 11.8 Å².